The highest BCUT2D eigenvalue weighted by atomic mass is 79.9. The van der Waals surface area contributed by atoms with E-state index in [1.165, 1.54) is 11.3 Å². The summed E-state index contributed by atoms with van der Waals surface area (Å²) in [5.74, 6) is -0.123. The van der Waals surface area contributed by atoms with E-state index in [1.807, 2.05) is 48.5 Å². The Balaban J connectivity index is 1.57. The van der Waals surface area contributed by atoms with Crippen LogP contribution < -0.4 is 5.32 Å². The number of anilines is 1. The number of hydrogen-bond acceptors (Lipinski definition) is 5. The smallest absolute Gasteiger partial charge is 0.293 e. The van der Waals surface area contributed by atoms with Gasteiger partial charge in [-0.15, -0.1) is 10.2 Å². The van der Waals surface area contributed by atoms with Gasteiger partial charge in [-0.25, -0.2) is 0 Å². The van der Waals surface area contributed by atoms with Crippen LogP contribution in [-0.2, 0) is 0 Å². The molecule has 7 heteroatoms. The predicted octanol–water partition coefficient (Wildman–Crippen LogP) is 4.97. The molecule has 2 aromatic heterocycles. The zero-order valence-corrected chi connectivity index (χ0v) is 14.6. The van der Waals surface area contributed by atoms with E-state index in [2.05, 4.69) is 31.4 Å². The minimum atomic E-state index is -0.353. The van der Waals surface area contributed by atoms with Crippen molar-refractivity contribution in [3.8, 4) is 10.6 Å². The molecule has 0 spiro atoms. The topological polar surface area (TPSA) is 68.0 Å². The highest BCUT2D eigenvalue weighted by Crippen LogP contribution is 2.29. The summed E-state index contributed by atoms with van der Waals surface area (Å²) in [5, 5.41) is 12.9. The first-order valence-corrected chi connectivity index (χ1v) is 8.70. The van der Waals surface area contributed by atoms with E-state index in [0.29, 0.717) is 10.7 Å². The fourth-order valence-electron chi connectivity index (χ4n) is 2.27. The van der Waals surface area contributed by atoms with Crippen molar-refractivity contribution in [2.45, 2.75) is 0 Å². The molecular weight excluding hydrogens is 390 g/mol. The number of nitrogens with one attached hydrogen (secondary N) is 1. The molecule has 24 heavy (non-hydrogen) atoms. The summed E-state index contributed by atoms with van der Waals surface area (Å²) in [7, 11) is 0. The highest BCUT2D eigenvalue weighted by Gasteiger charge is 2.16. The van der Waals surface area contributed by atoms with Crippen LogP contribution in [0.1, 0.15) is 10.6 Å². The number of para-hydroxylation sites is 1. The van der Waals surface area contributed by atoms with Crippen molar-refractivity contribution >= 4 is 49.3 Å². The maximum absolute atomic E-state index is 12.4. The van der Waals surface area contributed by atoms with E-state index in [4.69, 9.17) is 4.42 Å². The average Bonchev–Trinajstić information content (AvgIpc) is 3.23. The van der Waals surface area contributed by atoms with Crippen LogP contribution in [0.5, 0.6) is 0 Å². The lowest BCUT2D eigenvalue weighted by atomic mass is 10.2. The molecule has 1 amide bonds. The van der Waals surface area contributed by atoms with Gasteiger partial charge in [-0.05, 0) is 28.1 Å². The second-order valence-corrected chi connectivity index (χ2v) is 6.83. The number of aromatic nitrogens is 2. The number of halogens is 1. The Morgan fingerprint density at radius 1 is 1.08 bits per heavy atom. The van der Waals surface area contributed by atoms with Gasteiger partial charge in [0.1, 0.15) is 10.6 Å². The van der Waals surface area contributed by atoms with Crippen LogP contribution in [0, 0.1) is 0 Å². The summed E-state index contributed by atoms with van der Waals surface area (Å²) in [4.78, 5) is 12.4. The Morgan fingerprint density at radius 2 is 1.92 bits per heavy atom. The SMILES string of the molecule is O=C(Nc1nnc(-c2ccccc2)s1)c1cc2cccc(Br)c2o1. The molecule has 0 aliphatic carbocycles. The van der Waals surface area contributed by atoms with Crippen molar-refractivity contribution in [2.24, 2.45) is 0 Å². The van der Waals surface area contributed by atoms with Crippen molar-refractivity contribution in [3.05, 3.63) is 64.8 Å². The van der Waals surface area contributed by atoms with Crippen molar-refractivity contribution in [1.29, 1.82) is 0 Å². The predicted molar refractivity (Wildman–Crippen MR) is 97.2 cm³/mol. The number of carbonyl (C=O) groups is 1. The monoisotopic (exact) mass is 399 g/mol. The molecule has 4 aromatic rings. The van der Waals surface area contributed by atoms with E-state index in [9.17, 15) is 4.79 Å². The first kappa shape index (κ1) is 15.0. The second kappa shape index (κ2) is 6.18. The Hall–Kier alpha value is -2.51. The lowest BCUT2D eigenvalue weighted by Crippen LogP contribution is -2.10. The van der Waals surface area contributed by atoms with Gasteiger partial charge in [0.25, 0.3) is 5.91 Å². The minimum Gasteiger partial charge on any atom is -0.450 e. The normalized spacial score (nSPS) is 10.9. The van der Waals surface area contributed by atoms with E-state index in [0.717, 1.165) is 20.4 Å². The Morgan fingerprint density at radius 3 is 2.71 bits per heavy atom. The number of amides is 1. The number of carbonyl (C=O) groups excluding carboxylic acids is 1. The molecule has 0 atom stereocenters. The number of rotatable bonds is 3. The number of benzene rings is 2. The molecule has 0 aliphatic rings. The van der Waals surface area contributed by atoms with Crippen LogP contribution >= 0.6 is 27.3 Å². The van der Waals surface area contributed by atoms with Gasteiger partial charge in [0.2, 0.25) is 5.13 Å². The molecule has 118 valence electrons. The van der Waals surface area contributed by atoms with Gasteiger partial charge in [0.15, 0.2) is 5.76 Å². The fraction of sp³-hybridized carbons (Fsp3) is 0. The molecule has 0 bridgehead atoms. The molecule has 0 saturated carbocycles. The van der Waals surface area contributed by atoms with Gasteiger partial charge in [-0.1, -0.05) is 53.8 Å². The van der Waals surface area contributed by atoms with Crippen LogP contribution in [0.4, 0.5) is 5.13 Å². The van der Waals surface area contributed by atoms with Gasteiger partial charge >= 0.3 is 0 Å². The third-order valence-corrected chi connectivity index (χ3v) is 4.90. The van der Waals surface area contributed by atoms with Crippen LogP contribution in [0.3, 0.4) is 0 Å². The van der Waals surface area contributed by atoms with Crippen molar-refractivity contribution in [3.63, 3.8) is 0 Å². The average molecular weight is 400 g/mol. The van der Waals surface area contributed by atoms with E-state index in [1.54, 1.807) is 6.07 Å². The second-order valence-electron chi connectivity index (χ2n) is 5.00. The first-order valence-electron chi connectivity index (χ1n) is 7.09. The molecule has 4 rings (SSSR count). The summed E-state index contributed by atoms with van der Waals surface area (Å²) < 4.78 is 6.43. The van der Waals surface area contributed by atoms with E-state index < -0.39 is 0 Å². The molecule has 2 heterocycles. The van der Waals surface area contributed by atoms with Crippen molar-refractivity contribution < 1.29 is 9.21 Å². The molecule has 0 fully saturated rings. The van der Waals surface area contributed by atoms with Crippen molar-refractivity contribution in [1.82, 2.24) is 10.2 Å². The number of hydrogen-bond donors (Lipinski definition) is 1. The number of fused-ring (bicyclic) bond motifs is 1. The largest absolute Gasteiger partial charge is 0.450 e. The summed E-state index contributed by atoms with van der Waals surface area (Å²) in [5.41, 5.74) is 1.60. The van der Waals surface area contributed by atoms with E-state index in [-0.39, 0.29) is 11.7 Å². The van der Waals surface area contributed by atoms with Crippen LogP contribution in [0.25, 0.3) is 21.5 Å². The zero-order chi connectivity index (χ0) is 16.5. The molecule has 0 saturated heterocycles. The fourth-order valence-corrected chi connectivity index (χ4v) is 3.48. The highest BCUT2D eigenvalue weighted by molar-refractivity contribution is 9.10. The van der Waals surface area contributed by atoms with Gasteiger partial charge in [0.05, 0.1) is 4.47 Å². The van der Waals surface area contributed by atoms with Gasteiger partial charge < -0.3 is 4.42 Å². The quantitative estimate of drug-likeness (QED) is 0.528. The summed E-state index contributed by atoms with van der Waals surface area (Å²) >= 11 is 4.72. The molecule has 0 aliphatic heterocycles. The molecule has 1 N–H and O–H groups in total. The minimum absolute atomic E-state index is 0.230. The lowest BCUT2D eigenvalue weighted by Gasteiger charge is -1.96. The third kappa shape index (κ3) is 2.83. The Kier molecular flexibility index (Phi) is 3.87. The Bertz CT molecular complexity index is 1030. The maximum Gasteiger partial charge on any atom is 0.293 e. The van der Waals surface area contributed by atoms with E-state index >= 15 is 0 Å². The summed E-state index contributed by atoms with van der Waals surface area (Å²) in [6.07, 6.45) is 0. The first-order chi connectivity index (χ1) is 11.7. The third-order valence-electron chi connectivity index (χ3n) is 3.39. The Labute approximate surface area is 149 Å². The van der Waals surface area contributed by atoms with Gasteiger partial charge in [0, 0.05) is 10.9 Å². The van der Waals surface area contributed by atoms with Crippen LogP contribution in [0.2, 0.25) is 0 Å². The number of furan rings is 1. The standard InChI is InChI=1S/C17H10BrN3O2S/c18-12-8-4-7-11-9-13(23-14(11)12)15(22)19-17-21-20-16(24-17)10-5-2-1-3-6-10/h1-9H,(H,19,21,22). The lowest BCUT2D eigenvalue weighted by molar-refractivity contribution is 0.0998. The van der Waals surface area contributed by atoms with Crippen LogP contribution in [0.15, 0.2) is 63.5 Å². The van der Waals surface area contributed by atoms with Crippen LogP contribution in [-0.4, -0.2) is 16.1 Å². The molecule has 5 nitrogen and oxygen atoms in total. The van der Waals surface area contributed by atoms with Gasteiger partial charge in [-0.3, -0.25) is 10.1 Å². The maximum atomic E-state index is 12.4. The van der Waals surface area contributed by atoms with Gasteiger partial charge in [-0.2, -0.15) is 0 Å². The number of nitrogens with zero attached hydrogens (tertiary/aromatic N) is 2. The molecular formula is C17H10BrN3O2S. The van der Waals surface area contributed by atoms with Crippen molar-refractivity contribution in [2.75, 3.05) is 5.32 Å². The summed E-state index contributed by atoms with van der Waals surface area (Å²) in [6, 6.07) is 17.0. The molecule has 2 aromatic carbocycles. The zero-order valence-electron chi connectivity index (χ0n) is 12.2. The molecule has 0 radical (unpaired) electrons. The summed E-state index contributed by atoms with van der Waals surface area (Å²) in [6.45, 7) is 0. The molecule has 0 unspecified atom stereocenters.